The summed E-state index contributed by atoms with van der Waals surface area (Å²) >= 11 is 1.36. The molecule has 0 radical (unpaired) electrons. The molecule has 0 aromatic carbocycles. The van der Waals surface area contributed by atoms with Crippen molar-refractivity contribution in [3.05, 3.63) is 4.88 Å². The van der Waals surface area contributed by atoms with Crippen molar-refractivity contribution in [3.8, 4) is 0 Å². The number of ether oxygens (including phenoxy) is 1. The number of nitrogens with zero attached hydrogens (tertiary/aromatic N) is 2. The van der Waals surface area contributed by atoms with Crippen molar-refractivity contribution >= 4 is 28.2 Å². The van der Waals surface area contributed by atoms with Crippen molar-refractivity contribution < 1.29 is 9.53 Å². The van der Waals surface area contributed by atoms with Crippen molar-refractivity contribution in [1.82, 2.24) is 9.88 Å². The van der Waals surface area contributed by atoms with Gasteiger partial charge in [0, 0.05) is 19.1 Å². The highest BCUT2D eigenvalue weighted by atomic mass is 32.1. The molecular weight excluding hydrogens is 276 g/mol. The highest BCUT2D eigenvalue weighted by Gasteiger charge is 2.27. The third-order valence-corrected chi connectivity index (χ3v) is 4.80. The fourth-order valence-electron chi connectivity index (χ4n) is 2.42. The van der Waals surface area contributed by atoms with Crippen LogP contribution < -0.4 is 11.1 Å². The van der Waals surface area contributed by atoms with Crippen molar-refractivity contribution in [1.29, 1.82) is 0 Å². The molecule has 1 aromatic heterocycles. The fourth-order valence-corrected chi connectivity index (χ4v) is 3.35. The number of nitrogens with one attached hydrogen (secondary N) is 1. The fraction of sp³-hybridized carbons (Fsp3) is 0.692. The van der Waals surface area contributed by atoms with Crippen LogP contribution in [0.1, 0.15) is 35.9 Å². The summed E-state index contributed by atoms with van der Waals surface area (Å²) in [4.78, 5) is 19.1. The Morgan fingerprint density at radius 2 is 2.35 bits per heavy atom. The first-order valence-corrected chi connectivity index (χ1v) is 7.89. The highest BCUT2D eigenvalue weighted by molar-refractivity contribution is 7.18. The van der Waals surface area contributed by atoms with Gasteiger partial charge in [0.15, 0.2) is 5.13 Å². The molecule has 1 amide bonds. The lowest BCUT2D eigenvalue weighted by Crippen LogP contribution is -2.44. The number of carbonyl (C=O) groups is 1. The molecule has 110 valence electrons. The van der Waals surface area contributed by atoms with Crippen LogP contribution in [0.4, 0.5) is 10.9 Å². The number of carbonyl (C=O) groups excluding carboxylic acids is 1. The van der Waals surface area contributed by atoms with Crippen LogP contribution in [0.15, 0.2) is 0 Å². The van der Waals surface area contributed by atoms with Crippen molar-refractivity contribution in [3.63, 3.8) is 0 Å². The van der Waals surface area contributed by atoms with Gasteiger partial charge < -0.3 is 20.7 Å². The Hall–Kier alpha value is -1.34. The smallest absolute Gasteiger partial charge is 0.268 e. The molecule has 20 heavy (non-hydrogen) atoms. The summed E-state index contributed by atoms with van der Waals surface area (Å²) < 4.78 is 5.45. The van der Waals surface area contributed by atoms with Crippen LogP contribution in [0.5, 0.6) is 0 Å². The SMILES string of the molecule is CC1CN(C(=O)c2sc(NC3CCC3)nc2N)CCO1. The van der Waals surface area contributed by atoms with Crippen molar-refractivity contribution in [2.75, 3.05) is 30.7 Å². The van der Waals surface area contributed by atoms with Crippen molar-refractivity contribution in [2.24, 2.45) is 0 Å². The van der Waals surface area contributed by atoms with Gasteiger partial charge in [-0.15, -0.1) is 0 Å². The van der Waals surface area contributed by atoms with E-state index < -0.39 is 0 Å². The van der Waals surface area contributed by atoms with Gasteiger partial charge in [-0.1, -0.05) is 11.3 Å². The predicted molar refractivity (Wildman–Crippen MR) is 79.1 cm³/mol. The minimum absolute atomic E-state index is 0.0307. The standard InChI is InChI=1S/C13H20N4O2S/c1-8-7-17(5-6-19-8)12(18)10-11(14)16-13(20-10)15-9-3-2-4-9/h8-9H,2-7,14H2,1H3,(H,15,16). The number of aromatic nitrogens is 1. The number of thiazole rings is 1. The maximum Gasteiger partial charge on any atom is 0.268 e. The topological polar surface area (TPSA) is 80.5 Å². The zero-order valence-electron chi connectivity index (χ0n) is 11.6. The first-order valence-electron chi connectivity index (χ1n) is 7.07. The predicted octanol–water partition coefficient (Wildman–Crippen LogP) is 1.55. The van der Waals surface area contributed by atoms with Crippen molar-refractivity contribution in [2.45, 2.75) is 38.3 Å². The lowest BCUT2D eigenvalue weighted by molar-refractivity contribution is -0.0122. The lowest BCUT2D eigenvalue weighted by atomic mass is 9.93. The number of morpholine rings is 1. The molecule has 6 nitrogen and oxygen atoms in total. The largest absolute Gasteiger partial charge is 0.382 e. The number of anilines is 2. The van der Waals surface area contributed by atoms with E-state index in [1.165, 1.54) is 30.6 Å². The Morgan fingerprint density at radius 1 is 1.55 bits per heavy atom. The van der Waals surface area contributed by atoms with Gasteiger partial charge in [-0.05, 0) is 26.2 Å². The van der Waals surface area contributed by atoms with Gasteiger partial charge in [0.2, 0.25) is 0 Å². The summed E-state index contributed by atoms with van der Waals surface area (Å²) in [5, 5.41) is 4.10. The summed E-state index contributed by atoms with van der Waals surface area (Å²) in [5.41, 5.74) is 5.90. The summed E-state index contributed by atoms with van der Waals surface area (Å²) in [7, 11) is 0. The molecule has 1 saturated heterocycles. The molecule has 1 atom stereocenters. The molecule has 1 saturated carbocycles. The Kier molecular flexibility index (Phi) is 3.80. The third-order valence-electron chi connectivity index (χ3n) is 3.81. The lowest BCUT2D eigenvalue weighted by Gasteiger charge is -2.30. The van der Waals surface area contributed by atoms with E-state index in [0.717, 1.165) is 5.13 Å². The molecule has 1 aliphatic heterocycles. The highest BCUT2D eigenvalue weighted by Crippen LogP contribution is 2.30. The molecule has 0 spiro atoms. The Bertz CT molecular complexity index is 501. The first-order chi connectivity index (χ1) is 9.63. The second-order valence-corrected chi connectivity index (χ2v) is 6.44. The zero-order chi connectivity index (χ0) is 14.1. The van der Waals surface area contributed by atoms with E-state index in [9.17, 15) is 4.79 Å². The molecule has 3 rings (SSSR count). The van der Waals surface area contributed by atoms with Gasteiger partial charge in [-0.2, -0.15) is 0 Å². The Balaban J connectivity index is 1.70. The van der Waals surface area contributed by atoms with E-state index in [0.29, 0.717) is 36.4 Å². The molecule has 7 heteroatoms. The van der Waals surface area contributed by atoms with Crippen LogP contribution in [0, 0.1) is 0 Å². The Labute approximate surface area is 122 Å². The van der Waals surface area contributed by atoms with Gasteiger partial charge in [0.1, 0.15) is 10.7 Å². The minimum atomic E-state index is -0.0307. The maximum absolute atomic E-state index is 12.5. The molecule has 2 fully saturated rings. The van der Waals surface area contributed by atoms with Gasteiger partial charge in [0.05, 0.1) is 12.7 Å². The molecule has 1 unspecified atom stereocenters. The van der Waals surface area contributed by atoms with Gasteiger partial charge in [-0.25, -0.2) is 4.98 Å². The van der Waals surface area contributed by atoms with E-state index in [4.69, 9.17) is 10.5 Å². The van der Waals surface area contributed by atoms with E-state index >= 15 is 0 Å². The number of amides is 1. The normalized spacial score (nSPS) is 23.4. The summed E-state index contributed by atoms with van der Waals surface area (Å²) in [6.45, 7) is 3.78. The van der Waals surface area contributed by atoms with Crippen LogP contribution in [-0.2, 0) is 4.74 Å². The number of nitrogen functional groups attached to an aromatic ring is 1. The van der Waals surface area contributed by atoms with E-state index in [-0.39, 0.29) is 12.0 Å². The van der Waals surface area contributed by atoms with E-state index in [2.05, 4.69) is 10.3 Å². The first kappa shape index (κ1) is 13.6. The summed E-state index contributed by atoms with van der Waals surface area (Å²) in [6, 6.07) is 0.493. The zero-order valence-corrected chi connectivity index (χ0v) is 12.4. The minimum Gasteiger partial charge on any atom is -0.382 e. The monoisotopic (exact) mass is 296 g/mol. The quantitative estimate of drug-likeness (QED) is 0.884. The molecule has 3 N–H and O–H groups in total. The number of rotatable bonds is 3. The van der Waals surface area contributed by atoms with Gasteiger partial charge in [0.25, 0.3) is 5.91 Å². The van der Waals surface area contributed by atoms with E-state index in [1.54, 1.807) is 4.90 Å². The molecule has 1 aliphatic carbocycles. The number of nitrogens with two attached hydrogens (primary N) is 1. The van der Waals surface area contributed by atoms with Gasteiger partial charge in [-0.3, -0.25) is 4.79 Å². The maximum atomic E-state index is 12.5. The van der Waals surface area contributed by atoms with Crippen LogP contribution >= 0.6 is 11.3 Å². The molecule has 1 aromatic rings. The van der Waals surface area contributed by atoms with Gasteiger partial charge >= 0.3 is 0 Å². The van der Waals surface area contributed by atoms with Crippen LogP contribution in [0.25, 0.3) is 0 Å². The number of hydrogen-bond acceptors (Lipinski definition) is 6. The molecule has 2 aliphatic rings. The molecule has 0 bridgehead atoms. The number of hydrogen-bond donors (Lipinski definition) is 2. The second-order valence-electron chi connectivity index (χ2n) is 5.44. The van der Waals surface area contributed by atoms with E-state index in [1.807, 2.05) is 6.92 Å². The van der Waals surface area contributed by atoms with Crippen LogP contribution in [0.2, 0.25) is 0 Å². The third kappa shape index (κ3) is 2.73. The second kappa shape index (κ2) is 5.57. The Morgan fingerprint density at radius 3 is 3.00 bits per heavy atom. The molecule has 2 heterocycles. The molecular formula is C13H20N4O2S. The average Bonchev–Trinajstić information content (AvgIpc) is 2.74. The summed E-state index contributed by atoms with van der Waals surface area (Å²) in [5.74, 6) is 0.303. The van der Waals surface area contributed by atoms with Crippen LogP contribution in [0.3, 0.4) is 0 Å². The van der Waals surface area contributed by atoms with Crippen LogP contribution in [-0.4, -0.2) is 47.6 Å². The average molecular weight is 296 g/mol. The summed E-state index contributed by atoms with van der Waals surface area (Å²) in [6.07, 6.45) is 3.68.